The first-order chi connectivity index (χ1) is 18.4. The van der Waals surface area contributed by atoms with Gasteiger partial charge >= 0.3 is 6.30 Å². The van der Waals surface area contributed by atoms with Crippen molar-refractivity contribution in [2.24, 2.45) is 5.92 Å². The van der Waals surface area contributed by atoms with Crippen molar-refractivity contribution in [3.63, 3.8) is 0 Å². The van der Waals surface area contributed by atoms with Gasteiger partial charge in [-0.3, -0.25) is 0 Å². The van der Waals surface area contributed by atoms with Crippen molar-refractivity contribution in [3.05, 3.63) is 46.5 Å². The molecule has 0 N–H and O–H groups in total. The summed E-state index contributed by atoms with van der Waals surface area (Å²) in [6.07, 6.45) is 3.60. The van der Waals surface area contributed by atoms with Crippen LogP contribution in [0.1, 0.15) is 54.0 Å². The lowest BCUT2D eigenvalue weighted by Crippen LogP contribution is -2.52. The van der Waals surface area contributed by atoms with Gasteiger partial charge in [-0.2, -0.15) is 13.2 Å². The third kappa shape index (κ3) is 3.81. The van der Waals surface area contributed by atoms with Crippen molar-refractivity contribution in [2.75, 3.05) is 51.5 Å². The third-order valence-electron chi connectivity index (χ3n) is 8.96. The maximum atomic E-state index is 13.4. The number of benzene rings is 2. The Kier molecular flexibility index (Phi) is 5.69. The predicted octanol–water partition coefficient (Wildman–Crippen LogP) is 5.67. The van der Waals surface area contributed by atoms with Gasteiger partial charge in [0.1, 0.15) is 5.75 Å². The van der Waals surface area contributed by atoms with Gasteiger partial charge in [0, 0.05) is 49.5 Å². The SMILES string of the molecule is COc1ccc2c(c1N1CCN(C(F)(F)F)CC1)C(C1CCCC1)N1CCc3cc4c(cc3C1=C2)OCO4. The molecule has 6 nitrogen and oxygen atoms in total. The van der Waals surface area contributed by atoms with Crippen LogP contribution in [0.3, 0.4) is 0 Å². The zero-order valence-electron chi connectivity index (χ0n) is 21.5. The first-order valence-corrected chi connectivity index (χ1v) is 13.6. The maximum absolute atomic E-state index is 13.4. The molecule has 0 aromatic heterocycles. The quantitative estimate of drug-likeness (QED) is 0.479. The fraction of sp³-hybridized carbons (Fsp3) is 0.517. The van der Waals surface area contributed by atoms with Gasteiger partial charge in [-0.15, -0.1) is 0 Å². The van der Waals surface area contributed by atoms with E-state index < -0.39 is 6.30 Å². The monoisotopic (exact) mass is 527 g/mol. The highest BCUT2D eigenvalue weighted by atomic mass is 19.4. The molecule has 0 spiro atoms. The number of hydrogen-bond donors (Lipinski definition) is 0. The van der Waals surface area contributed by atoms with E-state index in [1.807, 2.05) is 6.07 Å². The zero-order chi connectivity index (χ0) is 26.0. The van der Waals surface area contributed by atoms with Gasteiger partial charge in [0.2, 0.25) is 6.79 Å². The standard InChI is InChI=1S/C29H32F3N3O3/c1-36-23-7-6-20-14-22-21-16-25-24(37-17-38-25)15-19(21)8-9-35(22)27(18-4-2-3-5-18)26(20)28(23)33-10-12-34(13-11-33)29(30,31)32/h6-7,14-16,18,27H,2-5,8-13,17H2,1H3. The first-order valence-electron chi connectivity index (χ1n) is 13.6. The van der Waals surface area contributed by atoms with Crippen LogP contribution < -0.4 is 19.1 Å². The zero-order valence-corrected chi connectivity index (χ0v) is 21.5. The van der Waals surface area contributed by atoms with Crippen LogP contribution in [0.2, 0.25) is 0 Å². The van der Waals surface area contributed by atoms with Crippen molar-refractivity contribution < 1.29 is 27.4 Å². The molecule has 9 heteroatoms. The topological polar surface area (TPSA) is 37.4 Å². The molecule has 5 aliphatic rings. The van der Waals surface area contributed by atoms with Gasteiger partial charge in [0.05, 0.1) is 18.8 Å². The minimum Gasteiger partial charge on any atom is -0.495 e. The lowest BCUT2D eigenvalue weighted by Gasteiger charge is -2.47. The number of piperazine rings is 1. The molecule has 1 aliphatic carbocycles. The van der Waals surface area contributed by atoms with Gasteiger partial charge in [-0.25, -0.2) is 4.90 Å². The second kappa shape index (κ2) is 9.00. The third-order valence-corrected chi connectivity index (χ3v) is 8.96. The Balaban J connectivity index is 1.36. The molecular formula is C29H32F3N3O3. The number of alkyl halides is 3. The lowest BCUT2D eigenvalue weighted by molar-refractivity contribution is -0.246. The van der Waals surface area contributed by atoms with Crippen LogP contribution in [0.15, 0.2) is 24.3 Å². The highest BCUT2D eigenvalue weighted by Gasteiger charge is 2.43. The fourth-order valence-corrected chi connectivity index (χ4v) is 7.18. The summed E-state index contributed by atoms with van der Waals surface area (Å²) in [6.45, 7) is 1.67. The Morgan fingerprint density at radius 3 is 2.39 bits per heavy atom. The first kappa shape index (κ1) is 24.0. The molecular weight excluding hydrogens is 495 g/mol. The molecule has 2 aromatic rings. The van der Waals surface area contributed by atoms with E-state index in [9.17, 15) is 13.2 Å². The molecule has 202 valence electrons. The molecule has 0 radical (unpaired) electrons. The molecule has 4 aliphatic heterocycles. The van der Waals surface area contributed by atoms with Crippen LogP contribution in [-0.4, -0.2) is 62.7 Å². The number of anilines is 1. The Bertz CT molecular complexity index is 1280. The predicted molar refractivity (Wildman–Crippen MR) is 138 cm³/mol. The van der Waals surface area contributed by atoms with Crippen LogP contribution in [0.4, 0.5) is 18.9 Å². The molecule has 38 heavy (non-hydrogen) atoms. The minimum absolute atomic E-state index is 0.0459. The number of rotatable bonds is 3. The van der Waals surface area contributed by atoms with E-state index in [4.69, 9.17) is 14.2 Å². The molecule has 1 atom stereocenters. The van der Waals surface area contributed by atoms with Crippen molar-refractivity contribution >= 4 is 17.5 Å². The second-order valence-electron chi connectivity index (χ2n) is 10.9. The Hall–Kier alpha value is -3.07. The van der Waals surface area contributed by atoms with Gasteiger partial charge in [-0.05, 0) is 60.6 Å². The molecule has 7 rings (SSSR count). The smallest absolute Gasteiger partial charge is 0.460 e. The van der Waals surface area contributed by atoms with Crippen molar-refractivity contribution in [3.8, 4) is 17.2 Å². The number of halogens is 3. The summed E-state index contributed by atoms with van der Waals surface area (Å²) < 4.78 is 57.4. The van der Waals surface area contributed by atoms with Crippen molar-refractivity contribution in [1.29, 1.82) is 0 Å². The molecule has 0 amide bonds. The summed E-state index contributed by atoms with van der Waals surface area (Å²) in [7, 11) is 1.66. The van der Waals surface area contributed by atoms with E-state index in [0.717, 1.165) is 54.3 Å². The summed E-state index contributed by atoms with van der Waals surface area (Å²) in [5, 5.41) is 0. The van der Waals surface area contributed by atoms with Gasteiger partial charge in [0.15, 0.2) is 11.5 Å². The number of ether oxygens (including phenoxy) is 3. The molecule has 2 aromatic carbocycles. The largest absolute Gasteiger partial charge is 0.495 e. The van der Waals surface area contributed by atoms with E-state index in [2.05, 4.69) is 34.1 Å². The van der Waals surface area contributed by atoms with Crippen molar-refractivity contribution in [1.82, 2.24) is 9.80 Å². The molecule has 0 bridgehead atoms. The van der Waals surface area contributed by atoms with E-state index in [-0.39, 0.29) is 25.9 Å². The average Bonchev–Trinajstić information content (AvgIpc) is 3.61. The summed E-state index contributed by atoms with van der Waals surface area (Å²) in [6, 6.07) is 8.49. The van der Waals surface area contributed by atoms with Crippen LogP contribution in [0.25, 0.3) is 11.8 Å². The van der Waals surface area contributed by atoms with Gasteiger partial charge < -0.3 is 24.0 Å². The van der Waals surface area contributed by atoms with Crippen LogP contribution in [0.5, 0.6) is 17.2 Å². The van der Waals surface area contributed by atoms with Crippen LogP contribution in [-0.2, 0) is 6.42 Å². The summed E-state index contributed by atoms with van der Waals surface area (Å²) in [5.41, 5.74) is 6.97. The maximum Gasteiger partial charge on any atom is 0.460 e. The minimum atomic E-state index is -4.30. The van der Waals surface area contributed by atoms with Gasteiger partial charge in [0.25, 0.3) is 0 Å². The van der Waals surface area contributed by atoms with Crippen LogP contribution in [0, 0.1) is 5.92 Å². The molecule has 1 saturated heterocycles. The number of methoxy groups -OCH3 is 1. The average molecular weight is 528 g/mol. The Morgan fingerprint density at radius 1 is 0.947 bits per heavy atom. The van der Waals surface area contributed by atoms with E-state index in [1.165, 1.54) is 35.2 Å². The van der Waals surface area contributed by atoms with E-state index in [0.29, 0.717) is 23.9 Å². The van der Waals surface area contributed by atoms with Crippen LogP contribution >= 0.6 is 0 Å². The number of hydrogen-bond acceptors (Lipinski definition) is 6. The molecule has 4 heterocycles. The highest BCUT2D eigenvalue weighted by Crippen LogP contribution is 2.54. The number of fused-ring (bicyclic) bond motifs is 5. The van der Waals surface area contributed by atoms with Crippen molar-refractivity contribution in [2.45, 2.75) is 44.4 Å². The molecule has 2 fully saturated rings. The number of nitrogens with zero attached hydrogens (tertiary/aromatic N) is 3. The summed E-state index contributed by atoms with van der Waals surface area (Å²) in [5.74, 6) is 2.82. The highest BCUT2D eigenvalue weighted by molar-refractivity contribution is 5.89. The summed E-state index contributed by atoms with van der Waals surface area (Å²) >= 11 is 0. The Morgan fingerprint density at radius 2 is 1.68 bits per heavy atom. The fourth-order valence-electron chi connectivity index (χ4n) is 7.18. The summed E-state index contributed by atoms with van der Waals surface area (Å²) in [4.78, 5) is 5.29. The normalized spacial score (nSPS) is 23.2. The second-order valence-corrected chi connectivity index (χ2v) is 10.9. The lowest BCUT2D eigenvalue weighted by atomic mass is 9.79. The van der Waals surface area contributed by atoms with E-state index in [1.54, 1.807) is 7.11 Å². The molecule has 1 unspecified atom stereocenters. The Labute approximate surface area is 220 Å². The van der Waals surface area contributed by atoms with Gasteiger partial charge in [-0.1, -0.05) is 18.9 Å². The molecule has 1 saturated carbocycles. The van der Waals surface area contributed by atoms with E-state index >= 15 is 0 Å².